The van der Waals surface area contributed by atoms with Crippen LogP contribution in [-0.4, -0.2) is 114 Å². The highest BCUT2D eigenvalue weighted by atomic mass is 16.6. The van der Waals surface area contributed by atoms with Crippen LogP contribution in [-0.2, 0) is 76.3 Å². The Labute approximate surface area is 890 Å². The smallest absolute Gasteiger partial charge is 0.309 e. The zero-order valence-corrected chi connectivity index (χ0v) is 92.5. The monoisotopic (exact) mass is 2040 g/mol. The largest absolute Gasteiger partial charge is 0.458 e. The number of nitrogens with zero attached hydrogens (tertiary/aromatic N) is 1. The quantitative estimate of drug-likeness (QED) is 0.116. The first-order valence-electron chi connectivity index (χ1n) is 59.3. The average Bonchev–Trinajstić information content (AvgIpc) is 1.49. The van der Waals surface area contributed by atoms with Crippen molar-refractivity contribution in [2.24, 2.45) is 159 Å². The summed E-state index contributed by atoms with van der Waals surface area (Å²) in [6, 6.07) is 2.60. The normalized spacial score (nSPS) is 49.7. The number of hydrogen-bond acceptors (Lipinski definition) is 18. The maximum Gasteiger partial charge on any atom is 0.309 e. The number of methoxy groups -OCH3 is 2. The van der Waals surface area contributed by atoms with Crippen LogP contribution in [0.25, 0.3) is 0 Å². The van der Waals surface area contributed by atoms with Crippen LogP contribution in [0.4, 0.5) is 0 Å². The highest BCUT2D eigenvalue weighted by molar-refractivity contribution is 6.01. The predicted octanol–water partition coefficient (Wildman–Crippen LogP) is 25.8. The molecule has 34 atom stereocenters. The molecule has 30 aliphatic rings. The number of rotatable bonds is 2. The summed E-state index contributed by atoms with van der Waals surface area (Å²) in [5.74, 6) is 7.84. The molecule has 5 heterocycles. The summed E-state index contributed by atoms with van der Waals surface area (Å²) in [5, 5.41) is 10.3. The van der Waals surface area contributed by atoms with E-state index < -0.39 is 5.41 Å². The fraction of sp³-hybridized carbons (Fsp3) is 0.697. The van der Waals surface area contributed by atoms with Crippen molar-refractivity contribution >= 4 is 52.8 Å². The van der Waals surface area contributed by atoms with E-state index in [0.29, 0.717) is 151 Å². The molecule has 31 unspecified atom stereocenters. The summed E-state index contributed by atoms with van der Waals surface area (Å²) in [6.07, 6.45) is 79.9. The van der Waals surface area contributed by atoms with E-state index in [1.807, 2.05) is 32.3 Å². The van der Waals surface area contributed by atoms with Crippen LogP contribution >= 0.6 is 0 Å². The molecule has 18 heteroatoms. The lowest BCUT2D eigenvalue weighted by Gasteiger charge is -2.59. The number of epoxide rings is 1. The molecule has 5 spiro atoms. The van der Waals surface area contributed by atoms with E-state index in [9.17, 15) is 48.4 Å². The molecule has 0 amide bonds. The van der Waals surface area contributed by atoms with E-state index in [0.717, 1.165) is 192 Å². The van der Waals surface area contributed by atoms with Gasteiger partial charge in [0.1, 0.15) is 28.2 Å². The van der Waals surface area contributed by atoms with Crippen LogP contribution in [0.1, 0.15) is 360 Å². The highest BCUT2D eigenvalue weighted by Gasteiger charge is 2.77. The van der Waals surface area contributed by atoms with Gasteiger partial charge in [0.2, 0.25) is 0 Å². The average molecular weight is 2040 g/mol. The molecule has 5 saturated heterocycles. The van der Waals surface area contributed by atoms with Crippen LogP contribution in [0, 0.1) is 165 Å². The molecule has 18 nitrogen and oxygen atoms in total. The second-order valence-electron chi connectivity index (χ2n) is 56.4. The number of carbonyl (C=O) groups is 9. The number of ether oxygens (including phenoxy) is 7. The van der Waals surface area contributed by atoms with Crippen molar-refractivity contribution in [2.45, 2.75) is 400 Å². The highest BCUT2D eigenvalue weighted by Crippen LogP contribution is 2.79. The van der Waals surface area contributed by atoms with Crippen molar-refractivity contribution in [3.8, 4) is 6.07 Å². The van der Waals surface area contributed by atoms with E-state index in [1.165, 1.54) is 77.5 Å². The number of Topliss-reactive ketones (excluding diaryl/α,β-unsaturated/α-hetero) is 2. The number of carbonyl (C=O) groups excluding carboxylic acids is 9. The standard InChI is InChI=1S/C24H28N2O3.C23H30O3.C22H28O3.C22H26O3.C21H28O2.C20H26O2/c1-21-8-5-16(27)19-20(26)13(11-23(19,21)12-25)18-14(21)3-7-22(2)15(18)4-9-24(22)10-6-17(28)29-24;1-14-13-23(26-20(14)25)11-8-19-17-5-4-15-12-16(24)6-9-21(15,2)18(17)7-10-22(19,23)3;2*1-20-9-5-15(23)13-14(20)3-4-16-17(20)6-10-21(2)18(16)7-11-22(21)12-8-19(24)25-22;1-19-9-6-15(22-3)12-14(19)4-5-16-17(19)7-10-20(2)18(16)8-11-21(20)13-23-21;1-19-10-8-14(22-3)12-13(19)4-5-15-16-6-7-18(21)20(16,2)11-9-17(15)19/h3,13,15,18H,4-11,26H2,1-2H3;7,12,14,17,19H,4-6,8-11,13H2,1-3H3;6,13,16,18H,3-5,7-12H2,1-2H3;3-4,6,13,16,18H,5,7-12H2,1-2H3;4-5,7,12,15-16,18H,6,8-11,13H2,1-3H3;4-5,9,12,14-16H,6-8,10-11H2,1-3H3/t;14?,17?,19?,21?,22?,23-;2*16?,18?,20?,21?,22-;;/m.111../s1. The zero-order valence-electron chi connectivity index (χ0n) is 92.5. The topological polar surface area (TPSA) is 271 Å². The second-order valence-corrected chi connectivity index (χ2v) is 56.4. The molecule has 150 heavy (non-hydrogen) atoms. The number of nitriles is 1. The molecule has 0 aromatic rings. The van der Waals surface area contributed by atoms with E-state index in [4.69, 9.17) is 38.9 Å². The van der Waals surface area contributed by atoms with Crippen LogP contribution in [0.2, 0.25) is 0 Å². The van der Waals surface area contributed by atoms with Gasteiger partial charge >= 0.3 is 23.9 Å². The number of fused-ring (bicyclic) bond motifs is 36. The van der Waals surface area contributed by atoms with Crippen LogP contribution in [0.15, 0.2) is 176 Å². The maximum absolute atomic E-state index is 12.9. The van der Waals surface area contributed by atoms with Crippen LogP contribution < -0.4 is 5.73 Å². The van der Waals surface area contributed by atoms with Gasteiger partial charge in [0.05, 0.1) is 41.8 Å². The summed E-state index contributed by atoms with van der Waals surface area (Å²) >= 11 is 0. The SMILES string of the molecule is CC12CCC(=O)C3=C(N)C(CC31C#N)C1C2=CCC2(C)C1CCC21CCC(=O)O1.CC12CCC(=O)C=C1C=CC1C2=CCC2(C)C1CC[C@@]21CCC(=O)O1.CC12CCC(=O)C=C1CCC1C2=CCC2(C)C1CC[C@@]21CCC(=O)O1.CC1C[C@@]2(CCC3C4CCC5=CC(=O)CCC5(C)C4=CCC32C)OC1=O.COC1C=C2C=CC3C(=CCC4(C)C(=O)CCC34)C2(C)CC1.COC1C=C2C=CC3C(=CCC4(C)C3CCC43CO3)C2(C)CC1. The molecule has 0 aromatic carbocycles. The zero-order chi connectivity index (χ0) is 105. The molecule has 800 valence electrons. The molecular formula is C132H166N2O16. The Morgan fingerprint density at radius 1 is 0.367 bits per heavy atom. The Morgan fingerprint density at radius 3 is 1.24 bits per heavy atom. The lowest BCUT2D eigenvalue weighted by molar-refractivity contribution is -0.162. The van der Waals surface area contributed by atoms with Gasteiger partial charge in [-0.2, -0.15) is 5.26 Å². The van der Waals surface area contributed by atoms with Gasteiger partial charge < -0.3 is 38.9 Å². The van der Waals surface area contributed by atoms with Crippen LogP contribution in [0.5, 0.6) is 0 Å². The van der Waals surface area contributed by atoms with Crippen LogP contribution in [0.3, 0.4) is 0 Å². The third kappa shape index (κ3) is 13.9. The number of esters is 4. The molecule has 10 saturated carbocycles. The second kappa shape index (κ2) is 34.5. The van der Waals surface area contributed by atoms with Gasteiger partial charge in [-0.05, 0) is 300 Å². The van der Waals surface area contributed by atoms with Crippen molar-refractivity contribution in [2.75, 3.05) is 20.8 Å². The lowest BCUT2D eigenvalue weighted by Crippen LogP contribution is -2.56. The molecule has 0 radical (unpaired) electrons. The summed E-state index contributed by atoms with van der Waals surface area (Å²) in [6.45, 7) is 31.3. The van der Waals surface area contributed by atoms with Gasteiger partial charge in [-0.25, -0.2) is 0 Å². The molecule has 25 aliphatic carbocycles. The summed E-state index contributed by atoms with van der Waals surface area (Å²) in [5.41, 5.74) is 23.2. The van der Waals surface area contributed by atoms with Crippen molar-refractivity contribution in [1.29, 1.82) is 5.26 Å². The molecule has 15 fully saturated rings. The third-order valence-corrected chi connectivity index (χ3v) is 51.3. The van der Waals surface area contributed by atoms with E-state index in [1.54, 1.807) is 29.4 Å². The first kappa shape index (κ1) is 102. The minimum Gasteiger partial charge on any atom is -0.458 e. The lowest BCUT2D eigenvalue weighted by atomic mass is 9.43. The number of hydrogen-bond donors (Lipinski definition) is 1. The summed E-state index contributed by atoms with van der Waals surface area (Å²) in [7, 11) is 3.63. The predicted molar refractivity (Wildman–Crippen MR) is 572 cm³/mol. The fourth-order valence-electron chi connectivity index (χ4n) is 41.6. The van der Waals surface area contributed by atoms with E-state index in [2.05, 4.69) is 174 Å². The molecule has 2 bridgehead atoms. The van der Waals surface area contributed by atoms with Gasteiger partial charge in [-0.15, -0.1) is 0 Å². The van der Waals surface area contributed by atoms with Crippen molar-refractivity contribution in [3.63, 3.8) is 0 Å². The van der Waals surface area contributed by atoms with Crippen molar-refractivity contribution < 1.29 is 76.3 Å². The third-order valence-electron chi connectivity index (χ3n) is 51.3. The Kier molecular flexibility index (Phi) is 23.5. The Hall–Kier alpha value is -8.50. The molecule has 2 N–H and O–H groups in total. The summed E-state index contributed by atoms with van der Waals surface area (Å²) in [4.78, 5) is 109. The van der Waals surface area contributed by atoms with E-state index in [-0.39, 0.29) is 147 Å². The minimum atomic E-state index is -0.761. The van der Waals surface area contributed by atoms with Gasteiger partial charge in [-0.3, -0.25) is 43.2 Å². The first-order valence-corrected chi connectivity index (χ1v) is 59.3. The fourth-order valence-corrected chi connectivity index (χ4v) is 41.6. The Morgan fingerprint density at radius 2 is 0.773 bits per heavy atom. The van der Waals surface area contributed by atoms with Crippen molar-refractivity contribution in [3.05, 3.63) is 176 Å². The van der Waals surface area contributed by atoms with Gasteiger partial charge in [-0.1, -0.05) is 220 Å². The number of nitrogens with two attached hydrogens (primary N) is 1. The maximum atomic E-state index is 12.9. The molecule has 0 aromatic heterocycles. The first-order chi connectivity index (χ1) is 71.3. The van der Waals surface area contributed by atoms with Gasteiger partial charge in [0.15, 0.2) is 23.1 Å². The Bertz CT molecular complexity index is 6460. The minimum absolute atomic E-state index is 0.00303. The van der Waals surface area contributed by atoms with Gasteiger partial charge in [0, 0.05) is 172 Å². The van der Waals surface area contributed by atoms with Gasteiger partial charge in [0.25, 0.3) is 0 Å². The number of ketones is 5. The summed E-state index contributed by atoms with van der Waals surface area (Å²) < 4.78 is 41.2. The van der Waals surface area contributed by atoms with E-state index >= 15 is 0 Å². The van der Waals surface area contributed by atoms with Crippen molar-refractivity contribution in [1.82, 2.24) is 0 Å². The molecular weight excluding hydrogens is 1870 g/mol. The molecule has 30 rings (SSSR count). The number of allylic oxidation sites excluding steroid dienone is 28. The Balaban J connectivity index is 0.0000000933. The molecule has 5 aliphatic heterocycles.